The quantitative estimate of drug-likeness (QED) is 0.317. The van der Waals surface area contributed by atoms with Gasteiger partial charge in [0.2, 0.25) is 0 Å². The molecular weight excluding hydrogens is 539 g/mol. The number of fused-ring (bicyclic) bond motifs is 2. The van der Waals surface area contributed by atoms with E-state index in [1.807, 2.05) is 36.0 Å². The van der Waals surface area contributed by atoms with Crippen LogP contribution in [0.2, 0.25) is 0 Å². The van der Waals surface area contributed by atoms with E-state index in [1.165, 1.54) is 11.9 Å². The number of rotatable bonds is 5. The van der Waals surface area contributed by atoms with Crippen molar-refractivity contribution in [3.05, 3.63) is 75.4 Å². The van der Waals surface area contributed by atoms with Crippen molar-refractivity contribution >= 4 is 45.0 Å². The molecule has 0 radical (unpaired) electrons. The van der Waals surface area contributed by atoms with Gasteiger partial charge in [-0.25, -0.2) is 14.6 Å². The topological polar surface area (TPSA) is 101 Å². The summed E-state index contributed by atoms with van der Waals surface area (Å²) in [5, 5.41) is 15.8. The molecule has 1 aromatic carbocycles. The van der Waals surface area contributed by atoms with E-state index in [2.05, 4.69) is 86.3 Å². The highest BCUT2D eigenvalue weighted by Crippen LogP contribution is 2.39. The molecule has 0 aliphatic heterocycles. The van der Waals surface area contributed by atoms with Crippen molar-refractivity contribution in [1.29, 1.82) is 5.26 Å². The van der Waals surface area contributed by atoms with Crippen LogP contribution < -0.4 is 5.73 Å². The maximum Gasteiger partial charge on any atom is 0.165 e. The molecular formula is C25H23IN8. The highest BCUT2D eigenvalue weighted by atomic mass is 127. The summed E-state index contributed by atoms with van der Waals surface area (Å²) in [5.41, 5.74) is 12.4. The second-order valence-corrected chi connectivity index (χ2v) is 9.53. The minimum absolute atomic E-state index is 0.276. The smallest absolute Gasteiger partial charge is 0.165 e. The second kappa shape index (κ2) is 8.70. The molecule has 8 nitrogen and oxygen atoms in total. The van der Waals surface area contributed by atoms with Gasteiger partial charge in [-0.2, -0.15) is 10.4 Å². The second-order valence-electron chi connectivity index (χ2n) is 8.51. The molecule has 0 amide bonds. The molecule has 5 rings (SSSR count). The fourth-order valence-electron chi connectivity index (χ4n) is 4.57. The molecule has 170 valence electrons. The fraction of sp³-hybridized carbons (Fsp3) is 0.200. The summed E-state index contributed by atoms with van der Waals surface area (Å²) in [6, 6.07) is 16.6. The van der Waals surface area contributed by atoms with Crippen molar-refractivity contribution in [1.82, 2.24) is 29.0 Å². The number of benzene rings is 1. The van der Waals surface area contributed by atoms with Gasteiger partial charge < -0.3 is 15.0 Å². The molecule has 1 unspecified atom stereocenters. The van der Waals surface area contributed by atoms with E-state index in [0.29, 0.717) is 17.0 Å². The van der Waals surface area contributed by atoms with Gasteiger partial charge in [0.25, 0.3) is 0 Å². The largest absolute Gasteiger partial charge is 0.383 e. The van der Waals surface area contributed by atoms with Crippen LogP contribution in [0.4, 0.5) is 5.82 Å². The van der Waals surface area contributed by atoms with E-state index >= 15 is 0 Å². The summed E-state index contributed by atoms with van der Waals surface area (Å²) < 4.78 is 4.67. The van der Waals surface area contributed by atoms with E-state index in [1.54, 1.807) is 0 Å². The van der Waals surface area contributed by atoms with Gasteiger partial charge >= 0.3 is 0 Å². The summed E-state index contributed by atoms with van der Waals surface area (Å²) in [7, 11) is 4.11. The van der Waals surface area contributed by atoms with E-state index < -0.39 is 0 Å². The Morgan fingerprint density at radius 1 is 1.18 bits per heavy atom. The van der Waals surface area contributed by atoms with Crippen LogP contribution in [-0.4, -0.2) is 43.1 Å². The summed E-state index contributed by atoms with van der Waals surface area (Å²) >= 11 is 2.16. The zero-order valence-corrected chi connectivity index (χ0v) is 21.2. The first kappa shape index (κ1) is 22.3. The third-order valence-electron chi connectivity index (χ3n) is 5.95. The normalized spacial score (nSPS) is 12.5. The predicted octanol–water partition coefficient (Wildman–Crippen LogP) is 4.48. The summed E-state index contributed by atoms with van der Waals surface area (Å²) in [6.45, 7) is 2.87. The van der Waals surface area contributed by atoms with Crippen LogP contribution in [0, 0.1) is 15.0 Å². The highest BCUT2D eigenvalue weighted by molar-refractivity contribution is 14.1. The first-order valence-electron chi connectivity index (χ1n) is 10.8. The van der Waals surface area contributed by atoms with E-state index in [-0.39, 0.29) is 6.04 Å². The van der Waals surface area contributed by atoms with Crippen molar-refractivity contribution in [3.63, 3.8) is 0 Å². The number of halogens is 1. The van der Waals surface area contributed by atoms with Gasteiger partial charge in [0.1, 0.15) is 21.9 Å². The third kappa shape index (κ3) is 3.59. The molecule has 4 heterocycles. The standard InChI is InChI=1S/C25H23IN8/c1-15(34-25-21(23(26)31-34)24(28)29-14-30-25)20-18(12-27)19-9-4-5-10-33(19)22(20)17-8-6-7-16(11-17)13-32(2)3/h4-11,14-15H,13H2,1-3H3,(H2,28,29,30). The minimum Gasteiger partial charge on any atom is -0.383 e. The Kier molecular flexibility index (Phi) is 5.71. The Bertz CT molecular complexity index is 1570. The number of anilines is 1. The predicted molar refractivity (Wildman–Crippen MR) is 141 cm³/mol. The van der Waals surface area contributed by atoms with Crippen LogP contribution in [0.5, 0.6) is 0 Å². The molecule has 0 saturated carbocycles. The van der Waals surface area contributed by atoms with Crippen LogP contribution in [0.1, 0.15) is 29.7 Å². The van der Waals surface area contributed by atoms with Crippen molar-refractivity contribution in [2.45, 2.75) is 19.5 Å². The molecule has 0 aliphatic rings. The van der Waals surface area contributed by atoms with Gasteiger partial charge in [0.05, 0.1) is 28.2 Å². The maximum atomic E-state index is 10.3. The first-order valence-corrected chi connectivity index (χ1v) is 11.9. The molecule has 9 heteroatoms. The van der Waals surface area contributed by atoms with Gasteiger partial charge in [0.15, 0.2) is 5.65 Å². The number of nitriles is 1. The fourth-order valence-corrected chi connectivity index (χ4v) is 5.32. The van der Waals surface area contributed by atoms with Crippen molar-refractivity contribution in [2.24, 2.45) is 0 Å². The van der Waals surface area contributed by atoms with Gasteiger partial charge in [0, 0.05) is 18.3 Å². The van der Waals surface area contributed by atoms with Crippen LogP contribution in [-0.2, 0) is 6.54 Å². The molecule has 5 aromatic rings. The highest BCUT2D eigenvalue weighted by Gasteiger charge is 2.27. The Labute approximate surface area is 210 Å². The SMILES string of the molecule is CC(c1c(C#N)c2ccccn2c1-c1cccc(CN(C)C)c1)n1nc(I)c2c(N)ncnc21. The molecule has 1 atom stereocenters. The number of aromatic nitrogens is 5. The lowest BCUT2D eigenvalue weighted by Gasteiger charge is -2.17. The summed E-state index contributed by atoms with van der Waals surface area (Å²) in [6.07, 6.45) is 3.46. The number of nitrogen functional groups attached to an aromatic ring is 1. The minimum atomic E-state index is -0.276. The number of pyridine rings is 1. The average molecular weight is 562 g/mol. The lowest BCUT2D eigenvalue weighted by atomic mass is 9.98. The van der Waals surface area contributed by atoms with Crippen LogP contribution in [0.3, 0.4) is 0 Å². The lowest BCUT2D eigenvalue weighted by Crippen LogP contribution is -2.12. The van der Waals surface area contributed by atoms with Crippen molar-refractivity contribution in [3.8, 4) is 17.3 Å². The van der Waals surface area contributed by atoms with Gasteiger partial charge in [-0.15, -0.1) is 0 Å². The van der Waals surface area contributed by atoms with Crippen molar-refractivity contribution < 1.29 is 0 Å². The van der Waals surface area contributed by atoms with Gasteiger partial charge in [-0.1, -0.05) is 24.3 Å². The average Bonchev–Trinajstić information content (AvgIpc) is 3.34. The van der Waals surface area contributed by atoms with E-state index in [4.69, 9.17) is 10.8 Å². The Morgan fingerprint density at radius 2 is 2.00 bits per heavy atom. The molecule has 34 heavy (non-hydrogen) atoms. The molecule has 0 saturated heterocycles. The lowest BCUT2D eigenvalue weighted by molar-refractivity contribution is 0.402. The van der Waals surface area contributed by atoms with Crippen molar-refractivity contribution in [2.75, 3.05) is 19.8 Å². The summed E-state index contributed by atoms with van der Waals surface area (Å²) in [4.78, 5) is 10.7. The molecule has 4 aromatic heterocycles. The molecule has 0 bridgehead atoms. The van der Waals surface area contributed by atoms with E-state index in [0.717, 1.165) is 38.0 Å². The molecule has 0 fully saturated rings. The third-order valence-corrected chi connectivity index (χ3v) is 6.71. The number of nitrogens with two attached hydrogens (primary N) is 1. The summed E-state index contributed by atoms with van der Waals surface area (Å²) in [5.74, 6) is 0.395. The van der Waals surface area contributed by atoms with Gasteiger partial charge in [-0.05, 0) is 72.9 Å². The van der Waals surface area contributed by atoms with Crippen LogP contribution >= 0.6 is 22.6 Å². The van der Waals surface area contributed by atoms with Crippen LogP contribution in [0.25, 0.3) is 27.8 Å². The molecule has 0 aliphatic carbocycles. The molecule has 2 N–H and O–H groups in total. The van der Waals surface area contributed by atoms with E-state index in [9.17, 15) is 5.26 Å². The Morgan fingerprint density at radius 3 is 2.76 bits per heavy atom. The molecule has 0 spiro atoms. The first-order chi connectivity index (χ1) is 16.4. The Balaban J connectivity index is 1.80. The van der Waals surface area contributed by atoms with Gasteiger partial charge in [-0.3, -0.25) is 0 Å². The Hall–Kier alpha value is -3.49. The zero-order valence-electron chi connectivity index (χ0n) is 19.1. The number of hydrogen-bond donors (Lipinski definition) is 1. The monoisotopic (exact) mass is 562 g/mol. The maximum absolute atomic E-state index is 10.3. The number of nitrogens with zero attached hydrogens (tertiary/aromatic N) is 7. The number of hydrogen-bond acceptors (Lipinski definition) is 6. The zero-order chi connectivity index (χ0) is 24.0. The van der Waals surface area contributed by atoms with Crippen LogP contribution in [0.15, 0.2) is 55.0 Å².